The number of hydrogen-bond acceptors (Lipinski definition) is 5. The number of aromatic amines is 1. The van der Waals surface area contributed by atoms with E-state index in [2.05, 4.69) is 19.9 Å². The van der Waals surface area contributed by atoms with Crippen LogP contribution in [0.3, 0.4) is 0 Å². The van der Waals surface area contributed by atoms with Crippen LogP contribution in [0.15, 0.2) is 35.3 Å². The van der Waals surface area contributed by atoms with Crippen molar-refractivity contribution in [1.82, 2.24) is 19.9 Å². The van der Waals surface area contributed by atoms with Gasteiger partial charge in [0.15, 0.2) is 0 Å². The summed E-state index contributed by atoms with van der Waals surface area (Å²) < 4.78 is 14.1. The third-order valence-electron chi connectivity index (χ3n) is 5.29. The van der Waals surface area contributed by atoms with Crippen LogP contribution in [0.2, 0.25) is 0 Å². The van der Waals surface area contributed by atoms with Gasteiger partial charge in [-0.1, -0.05) is 6.92 Å². The van der Waals surface area contributed by atoms with Crippen molar-refractivity contribution in [2.24, 2.45) is 0 Å². The molecule has 0 saturated carbocycles. The van der Waals surface area contributed by atoms with Gasteiger partial charge < -0.3 is 9.88 Å². The van der Waals surface area contributed by atoms with E-state index in [0.29, 0.717) is 17.8 Å². The summed E-state index contributed by atoms with van der Waals surface area (Å²) in [5.41, 5.74) is 4.61. The van der Waals surface area contributed by atoms with Crippen LogP contribution in [0.25, 0.3) is 11.0 Å². The number of anilines is 1. The van der Waals surface area contributed by atoms with Crippen molar-refractivity contribution < 1.29 is 4.39 Å². The molecule has 0 aromatic carbocycles. The van der Waals surface area contributed by atoms with E-state index in [-0.39, 0.29) is 5.56 Å². The predicted molar refractivity (Wildman–Crippen MR) is 108 cm³/mol. The zero-order chi connectivity index (χ0) is 19.7. The third-order valence-corrected chi connectivity index (χ3v) is 5.29. The minimum Gasteiger partial charge on any atom is -0.365 e. The second kappa shape index (κ2) is 7.67. The molecule has 4 heterocycles. The highest BCUT2D eigenvalue weighted by Gasteiger charge is 2.20. The number of aryl methyl sites for hydroxylation is 2. The maximum atomic E-state index is 14.1. The van der Waals surface area contributed by atoms with Crippen LogP contribution in [-0.2, 0) is 13.0 Å². The number of pyridine rings is 3. The van der Waals surface area contributed by atoms with Gasteiger partial charge in [-0.25, -0.2) is 4.98 Å². The van der Waals surface area contributed by atoms with Gasteiger partial charge in [-0.05, 0) is 43.2 Å². The van der Waals surface area contributed by atoms with Gasteiger partial charge in [0.05, 0.1) is 16.7 Å². The van der Waals surface area contributed by atoms with Crippen LogP contribution in [0, 0.1) is 12.9 Å². The summed E-state index contributed by atoms with van der Waals surface area (Å²) in [7, 11) is 0. The highest BCUT2D eigenvalue weighted by molar-refractivity contribution is 5.74. The molecule has 3 aromatic rings. The van der Waals surface area contributed by atoms with Crippen LogP contribution >= 0.6 is 0 Å². The molecule has 0 amide bonds. The van der Waals surface area contributed by atoms with E-state index < -0.39 is 5.95 Å². The first-order valence-corrected chi connectivity index (χ1v) is 9.65. The summed E-state index contributed by atoms with van der Waals surface area (Å²) in [4.78, 5) is 27.8. The van der Waals surface area contributed by atoms with Crippen LogP contribution in [0.4, 0.5) is 10.1 Å². The zero-order valence-electron chi connectivity index (χ0n) is 16.2. The number of halogens is 1. The molecule has 3 aromatic heterocycles. The lowest BCUT2D eigenvalue weighted by molar-refractivity contribution is 0.249. The second-order valence-corrected chi connectivity index (χ2v) is 7.28. The number of fused-ring (bicyclic) bond motifs is 1. The fourth-order valence-corrected chi connectivity index (χ4v) is 3.67. The van der Waals surface area contributed by atoms with Crippen molar-refractivity contribution in [3.63, 3.8) is 0 Å². The molecule has 0 unspecified atom stereocenters. The average Bonchev–Trinajstić information content (AvgIpc) is 2.68. The molecule has 146 valence electrons. The molecule has 0 bridgehead atoms. The Labute approximate surface area is 163 Å². The van der Waals surface area contributed by atoms with Gasteiger partial charge in [-0.2, -0.15) is 4.39 Å². The molecule has 28 heavy (non-hydrogen) atoms. The SMILES string of the molecule is CCc1cc2ncc(CN3CCN(c4ccc(C)nc4F)CC3)cc2[nH]c1=O. The Balaban J connectivity index is 1.44. The molecular weight excluding hydrogens is 357 g/mol. The molecule has 4 rings (SSSR count). The summed E-state index contributed by atoms with van der Waals surface area (Å²) in [5.74, 6) is -0.400. The van der Waals surface area contributed by atoms with Gasteiger partial charge >= 0.3 is 0 Å². The van der Waals surface area contributed by atoms with E-state index >= 15 is 0 Å². The van der Waals surface area contributed by atoms with Crippen molar-refractivity contribution >= 4 is 16.7 Å². The van der Waals surface area contributed by atoms with Gasteiger partial charge in [0, 0.05) is 50.2 Å². The van der Waals surface area contributed by atoms with Gasteiger partial charge in [0.1, 0.15) is 0 Å². The smallest absolute Gasteiger partial charge is 0.251 e. The molecule has 6 nitrogen and oxygen atoms in total. The molecule has 0 radical (unpaired) electrons. The van der Waals surface area contributed by atoms with Gasteiger partial charge in [0.25, 0.3) is 5.56 Å². The Hall–Kier alpha value is -2.80. The van der Waals surface area contributed by atoms with Crippen molar-refractivity contribution in [2.75, 3.05) is 31.1 Å². The maximum Gasteiger partial charge on any atom is 0.251 e. The number of aromatic nitrogens is 3. The van der Waals surface area contributed by atoms with E-state index in [1.807, 2.05) is 42.3 Å². The number of nitrogens with one attached hydrogen (secondary N) is 1. The van der Waals surface area contributed by atoms with E-state index in [0.717, 1.165) is 54.9 Å². The van der Waals surface area contributed by atoms with Gasteiger partial charge in [-0.15, -0.1) is 0 Å². The molecule has 1 fully saturated rings. The molecule has 0 atom stereocenters. The Morgan fingerprint density at radius 2 is 1.96 bits per heavy atom. The third kappa shape index (κ3) is 3.75. The van der Waals surface area contributed by atoms with Crippen molar-refractivity contribution in [3.8, 4) is 0 Å². The number of rotatable bonds is 4. The monoisotopic (exact) mass is 381 g/mol. The van der Waals surface area contributed by atoms with E-state index in [1.54, 1.807) is 6.92 Å². The summed E-state index contributed by atoms with van der Waals surface area (Å²) in [5, 5.41) is 0. The van der Waals surface area contributed by atoms with Crippen molar-refractivity contribution in [2.45, 2.75) is 26.8 Å². The van der Waals surface area contributed by atoms with Gasteiger partial charge in [0.2, 0.25) is 5.95 Å². The molecule has 1 aliphatic rings. The summed E-state index contributed by atoms with van der Waals surface area (Å²) >= 11 is 0. The Kier molecular flexibility index (Phi) is 5.09. The molecule has 0 aliphatic carbocycles. The predicted octanol–water partition coefficient (Wildman–Crippen LogP) is 2.65. The summed E-state index contributed by atoms with van der Waals surface area (Å²) in [6, 6.07) is 7.51. The Morgan fingerprint density at radius 1 is 1.18 bits per heavy atom. The highest BCUT2D eigenvalue weighted by Crippen LogP contribution is 2.20. The molecular formula is C21H24FN5O. The maximum absolute atomic E-state index is 14.1. The molecule has 1 N–H and O–H groups in total. The minimum absolute atomic E-state index is 0.0451. The first-order valence-electron chi connectivity index (χ1n) is 9.65. The molecule has 1 aliphatic heterocycles. The van der Waals surface area contributed by atoms with Crippen LogP contribution in [-0.4, -0.2) is 46.0 Å². The lowest BCUT2D eigenvalue weighted by atomic mass is 10.1. The van der Waals surface area contributed by atoms with Crippen LogP contribution in [0.5, 0.6) is 0 Å². The first-order chi connectivity index (χ1) is 13.5. The van der Waals surface area contributed by atoms with Gasteiger partial charge in [-0.3, -0.25) is 14.7 Å². The Bertz CT molecular complexity index is 1060. The Morgan fingerprint density at radius 3 is 2.68 bits per heavy atom. The fraction of sp³-hybridized carbons (Fsp3) is 0.381. The molecule has 1 saturated heterocycles. The second-order valence-electron chi connectivity index (χ2n) is 7.28. The molecule has 0 spiro atoms. The topological polar surface area (TPSA) is 65.1 Å². The normalized spacial score (nSPS) is 15.3. The fourth-order valence-electron chi connectivity index (χ4n) is 3.67. The van der Waals surface area contributed by atoms with E-state index in [1.165, 1.54) is 0 Å². The highest BCUT2D eigenvalue weighted by atomic mass is 19.1. The van der Waals surface area contributed by atoms with Crippen LogP contribution < -0.4 is 10.5 Å². The quantitative estimate of drug-likeness (QED) is 0.704. The average molecular weight is 381 g/mol. The molecule has 7 heteroatoms. The van der Waals surface area contributed by atoms with Crippen molar-refractivity contribution in [3.05, 3.63) is 63.6 Å². The lowest BCUT2D eigenvalue weighted by Crippen LogP contribution is -2.46. The standard InChI is InChI=1S/C21H24FN5O/c1-3-16-11-17-18(25-21(16)28)10-15(12-23-17)13-26-6-8-27(9-7-26)19-5-4-14(2)24-20(19)22/h4-5,10-12H,3,6-9,13H2,1-2H3,(H,25,28). The largest absolute Gasteiger partial charge is 0.365 e. The van der Waals surface area contributed by atoms with Crippen molar-refractivity contribution in [1.29, 1.82) is 0 Å². The lowest BCUT2D eigenvalue weighted by Gasteiger charge is -2.36. The number of nitrogens with zero attached hydrogens (tertiary/aromatic N) is 4. The number of H-pyrrole nitrogens is 1. The number of hydrogen-bond donors (Lipinski definition) is 1. The van der Waals surface area contributed by atoms with Crippen LogP contribution in [0.1, 0.15) is 23.7 Å². The first kappa shape index (κ1) is 18.6. The minimum atomic E-state index is -0.400. The summed E-state index contributed by atoms with van der Waals surface area (Å²) in [6.45, 7) is 7.66. The van der Waals surface area contributed by atoms with E-state index in [4.69, 9.17) is 0 Å². The summed E-state index contributed by atoms with van der Waals surface area (Å²) in [6.07, 6.45) is 2.56. The van der Waals surface area contributed by atoms with E-state index in [9.17, 15) is 9.18 Å². The number of piperazine rings is 1. The zero-order valence-corrected chi connectivity index (χ0v) is 16.2.